The van der Waals surface area contributed by atoms with Crippen molar-refractivity contribution in [3.05, 3.63) is 34.1 Å². The van der Waals surface area contributed by atoms with E-state index in [1.165, 1.54) is 6.07 Å². The summed E-state index contributed by atoms with van der Waals surface area (Å²) < 4.78 is 20.1. The van der Waals surface area contributed by atoms with Gasteiger partial charge in [0, 0.05) is 23.9 Å². The van der Waals surface area contributed by atoms with Crippen molar-refractivity contribution in [2.24, 2.45) is 5.92 Å². The summed E-state index contributed by atoms with van der Waals surface area (Å²) in [5, 5.41) is 9.52. The average molecular weight is 438 g/mol. The van der Waals surface area contributed by atoms with Crippen molar-refractivity contribution < 1.29 is 14.2 Å². The molecular weight excluding hydrogens is 405 g/mol. The summed E-state index contributed by atoms with van der Waals surface area (Å²) in [6.45, 7) is 7.47. The Kier molecular flexibility index (Phi) is 8.53. The lowest BCUT2D eigenvalue weighted by Crippen LogP contribution is -2.36. The second-order valence-electron chi connectivity index (χ2n) is 7.64. The number of nitrogens with zero attached hydrogens (tertiary/aromatic N) is 2. The average Bonchev–Trinajstić information content (AvgIpc) is 3.57. The number of fused-ring (bicyclic) bond motifs is 1. The highest BCUT2D eigenvalue weighted by Gasteiger charge is 2.23. The first-order valence-electron chi connectivity index (χ1n) is 10.9. The Hall–Kier alpha value is -1.64. The van der Waals surface area contributed by atoms with Gasteiger partial charge in [-0.3, -0.25) is 4.79 Å². The SMILES string of the molecule is CC.O=c1[nH]c(CSC2CCN(CCO)CC2)nc2cc(OCC3CC3)cc(F)c12. The number of rotatable bonds is 8. The molecule has 1 aromatic heterocycles. The second-order valence-corrected chi connectivity index (χ2v) is 8.93. The lowest BCUT2D eigenvalue weighted by molar-refractivity contribution is 0.175. The molecule has 30 heavy (non-hydrogen) atoms. The number of nitrogens with one attached hydrogen (secondary N) is 1. The third kappa shape index (κ3) is 6.18. The molecule has 1 saturated carbocycles. The minimum atomic E-state index is -0.590. The Morgan fingerprint density at radius 3 is 2.67 bits per heavy atom. The number of thioether (sulfide) groups is 1. The van der Waals surface area contributed by atoms with E-state index in [-0.39, 0.29) is 12.0 Å². The summed E-state index contributed by atoms with van der Waals surface area (Å²) in [5.74, 6) is 1.57. The number of benzene rings is 1. The number of β-amino-alcohol motifs (C(OH)–C–C–N with tert-alkyl or cyclic N) is 1. The number of aliphatic hydroxyl groups excluding tert-OH is 1. The summed E-state index contributed by atoms with van der Waals surface area (Å²) in [4.78, 5) is 21.8. The summed E-state index contributed by atoms with van der Waals surface area (Å²) in [6, 6.07) is 2.94. The molecule has 0 radical (unpaired) electrons. The monoisotopic (exact) mass is 437 g/mol. The lowest BCUT2D eigenvalue weighted by atomic mass is 10.1. The number of hydrogen-bond donors (Lipinski definition) is 2. The molecule has 1 aliphatic heterocycles. The molecule has 8 heteroatoms. The number of H-pyrrole nitrogens is 1. The summed E-state index contributed by atoms with van der Waals surface area (Å²) in [6.07, 6.45) is 4.43. The molecule has 0 spiro atoms. The standard InChI is InChI=1S/C20H26FN3O3S.C2H6/c21-16-9-14(27-11-13-1-2-13)10-17-19(16)20(26)23-18(22-17)12-28-15-3-5-24(6-4-15)7-8-25;1-2/h9-10,13,15,25H,1-8,11-12H2,(H,22,23,26);1-2H3. The topological polar surface area (TPSA) is 78.5 Å². The van der Waals surface area contributed by atoms with Crippen LogP contribution in [0.1, 0.15) is 45.4 Å². The fraction of sp³-hybridized carbons (Fsp3) is 0.636. The van der Waals surface area contributed by atoms with Crippen molar-refractivity contribution in [3.8, 4) is 5.75 Å². The van der Waals surface area contributed by atoms with Crippen LogP contribution in [0.4, 0.5) is 4.39 Å². The second kappa shape index (κ2) is 11.1. The molecule has 2 N–H and O–H groups in total. The number of likely N-dealkylation sites (tertiary alicyclic amines) is 1. The van der Waals surface area contributed by atoms with E-state index in [0.29, 0.717) is 40.6 Å². The molecule has 2 aliphatic rings. The minimum Gasteiger partial charge on any atom is -0.493 e. The molecule has 1 saturated heterocycles. The van der Waals surface area contributed by atoms with E-state index >= 15 is 0 Å². The minimum absolute atomic E-state index is 0.00941. The highest BCUT2D eigenvalue weighted by molar-refractivity contribution is 7.99. The predicted molar refractivity (Wildman–Crippen MR) is 120 cm³/mol. The van der Waals surface area contributed by atoms with Crippen LogP contribution in [0.25, 0.3) is 10.9 Å². The first kappa shape index (κ1) is 23.0. The zero-order chi connectivity index (χ0) is 21.5. The van der Waals surface area contributed by atoms with Gasteiger partial charge in [0.15, 0.2) is 0 Å². The van der Waals surface area contributed by atoms with E-state index in [4.69, 9.17) is 9.84 Å². The van der Waals surface area contributed by atoms with Crippen LogP contribution in [-0.4, -0.2) is 58.1 Å². The number of hydrogen-bond acceptors (Lipinski definition) is 6. The van der Waals surface area contributed by atoms with Gasteiger partial charge in [0.25, 0.3) is 5.56 Å². The maximum absolute atomic E-state index is 14.4. The van der Waals surface area contributed by atoms with Crippen molar-refractivity contribution in [1.82, 2.24) is 14.9 Å². The van der Waals surface area contributed by atoms with Crippen LogP contribution < -0.4 is 10.3 Å². The molecule has 4 rings (SSSR count). The molecule has 166 valence electrons. The van der Waals surface area contributed by atoms with Gasteiger partial charge in [-0.05, 0) is 44.7 Å². The molecule has 0 amide bonds. The number of aromatic nitrogens is 2. The molecular formula is C22H32FN3O3S. The Bertz CT molecular complexity index is 880. The Labute approximate surface area is 181 Å². The van der Waals surface area contributed by atoms with Gasteiger partial charge in [-0.15, -0.1) is 0 Å². The van der Waals surface area contributed by atoms with Crippen molar-refractivity contribution in [1.29, 1.82) is 0 Å². The Morgan fingerprint density at radius 2 is 2.00 bits per heavy atom. The van der Waals surface area contributed by atoms with Crippen molar-refractivity contribution >= 4 is 22.7 Å². The zero-order valence-corrected chi connectivity index (χ0v) is 18.6. The van der Waals surface area contributed by atoms with Gasteiger partial charge in [0.2, 0.25) is 0 Å². The Morgan fingerprint density at radius 1 is 1.27 bits per heavy atom. The van der Waals surface area contributed by atoms with Crippen LogP contribution in [-0.2, 0) is 5.75 Å². The molecule has 0 bridgehead atoms. The molecule has 2 heterocycles. The van der Waals surface area contributed by atoms with Crippen LogP contribution in [0, 0.1) is 11.7 Å². The first-order chi connectivity index (χ1) is 14.6. The number of aliphatic hydroxyl groups is 1. The molecule has 2 fully saturated rings. The number of aromatic amines is 1. The van der Waals surface area contributed by atoms with Gasteiger partial charge >= 0.3 is 0 Å². The normalized spacial score (nSPS) is 17.6. The van der Waals surface area contributed by atoms with Crippen LogP contribution in [0.3, 0.4) is 0 Å². The Balaban J connectivity index is 0.00000124. The van der Waals surface area contributed by atoms with Gasteiger partial charge < -0.3 is 19.7 Å². The van der Waals surface area contributed by atoms with Crippen molar-refractivity contribution in [2.45, 2.75) is 50.5 Å². The van der Waals surface area contributed by atoms with Gasteiger partial charge in [-0.25, -0.2) is 9.37 Å². The fourth-order valence-corrected chi connectivity index (χ4v) is 4.61. The maximum atomic E-state index is 14.4. The van der Waals surface area contributed by atoms with Crippen molar-refractivity contribution in [3.63, 3.8) is 0 Å². The summed E-state index contributed by atoms with van der Waals surface area (Å²) >= 11 is 1.77. The number of halogens is 1. The van der Waals surface area contributed by atoms with Crippen LogP contribution in [0.2, 0.25) is 0 Å². The molecule has 2 aromatic rings. The van der Waals surface area contributed by atoms with E-state index < -0.39 is 11.4 Å². The van der Waals surface area contributed by atoms with E-state index in [1.807, 2.05) is 13.8 Å². The summed E-state index contributed by atoms with van der Waals surface area (Å²) in [5.41, 5.74) is -0.0903. The first-order valence-corrected chi connectivity index (χ1v) is 12.0. The van der Waals surface area contributed by atoms with Gasteiger partial charge in [0.05, 0.1) is 24.5 Å². The van der Waals surface area contributed by atoms with Crippen LogP contribution in [0.5, 0.6) is 5.75 Å². The predicted octanol–water partition coefficient (Wildman–Crippen LogP) is 3.57. The molecule has 0 unspecified atom stereocenters. The molecule has 1 aromatic carbocycles. The van der Waals surface area contributed by atoms with E-state index in [2.05, 4.69) is 14.9 Å². The molecule has 1 aliphatic carbocycles. The quantitative estimate of drug-likeness (QED) is 0.657. The number of piperidine rings is 1. The molecule has 0 atom stereocenters. The van der Waals surface area contributed by atoms with Gasteiger partial charge in [-0.1, -0.05) is 13.8 Å². The third-order valence-corrected chi connectivity index (χ3v) is 6.76. The smallest absolute Gasteiger partial charge is 0.261 e. The summed E-state index contributed by atoms with van der Waals surface area (Å²) in [7, 11) is 0. The largest absolute Gasteiger partial charge is 0.493 e. The van der Waals surface area contributed by atoms with E-state index in [9.17, 15) is 9.18 Å². The third-order valence-electron chi connectivity index (χ3n) is 5.37. The highest BCUT2D eigenvalue weighted by Crippen LogP contribution is 2.30. The van der Waals surface area contributed by atoms with Crippen LogP contribution in [0.15, 0.2) is 16.9 Å². The fourth-order valence-electron chi connectivity index (χ4n) is 3.54. The molecule has 6 nitrogen and oxygen atoms in total. The van der Waals surface area contributed by atoms with Crippen LogP contribution >= 0.6 is 11.8 Å². The van der Waals surface area contributed by atoms with E-state index in [0.717, 1.165) is 45.3 Å². The number of ether oxygens (including phenoxy) is 1. The van der Waals surface area contributed by atoms with Gasteiger partial charge in [-0.2, -0.15) is 11.8 Å². The van der Waals surface area contributed by atoms with E-state index in [1.54, 1.807) is 17.8 Å². The highest BCUT2D eigenvalue weighted by atomic mass is 32.2. The maximum Gasteiger partial charge on any atom is 0.261 e. The zero-order valence-electron chi connectivity index (χ0n) is 17.8. The van der Waals surface area contributed by atoms with Crippen molar-refractivity contribution in [2.75, 3.05) is 32.8 Å². The van der Waals surface area contributed by atoms with Gasteiger partial charge in [0.1, 0.15) is 22.8 Å². The lowest BCUT2D eigenvalue weighted by Gasteiger charge is -2.30.